The van der Waals surface area contributed by atoms with Crippen molar-refractivity contribution in [2.24, 2.45) is 5.10 Å². The molecule has 9 heteroatoms. The molecule has 3 aromatic rings. The third kappa shape index (κ3) is 3.94. The predicted molar refractivity (Wildman–Crippen MR) is 107 cm³/mol. The SMILES string of the molecule is COC(=O)c1ccc(/C=N/n2c(-c3ccc(OC)c(OC)c3)n[nH]c2=S)cc1. The maximum Gasteiger partial charge on any atom is 0.337 e. The highest BCUT2D eigenvalue weighted by Crippen LogP contribution is 2.31. The van der Waals surface area contributed by atoms with E-state index in [4.69, 9.17) is 21.7 Å². The van der Waals surface area contributed by atoms with Crippen LogP contribution in [0.25, 0.3) is 11.4 Å². The number of aromatic amines is 1. The highest BCUT2D eigenvalue weighted by molar-refractivity contribution is 7.71. The van der Waals surface area contributed by atoms with E-state index in [-0.39, 0.29) is 0 Å². The molecule has 0 aliphatic heterocycles. The van der Waals surface area contributed by atoms with Crippen molar-refractivity contribution in [1.29, 1.82) is 0 Å². The first-order chi connectivity index (χ1) is 13.6. The normalized spacial score (nSPS) is 10.8. The Labute approximate surface area is 166 Å². The summed E-state index contributed by atoms with van der Waals surface area (Å²) in [5.74, 6) is 1.31. The van der Waals surface area contributed by atoms with E-state index in [1.165, 1.54) is 11.8 Å². The molecule has 8 nitrogen and oxygen atoms in total. The van der Waals surface area contributed by atoms with Gasteiger partial charge < -0.3 is 14.2 Å². The number of carbonyl (C=O) groups excluding carboxylic acids is 1. The average molecular weight is 398 g/mol. The molecule has 0 radical (unpaired) electrons. The van der Waals surface area contributed by atoms with Crippen LogP contribution in [0, 0.1) is 4.77 Å². The Hall–Kier alpha value is -3.46. The number of carbonyl (C=O) groups is 1. The van der Waals surface area contributed by atoms with Gasteiger partial charge in [-0.05, 0) is 48.1 Å². The van der Waals surface area contributed by atoms with E-state index in [1.54, 1.807) is 56.8 Å². The lowest BCUT2D eigenvalue weighted by molar-refractivity contribution is 0.0600. The fourth-order valence-corrected chi connectivity index (χ4v) is 2.69. The van der Waals surface area contributed by atoms with Crippen molar-refractivity contribution in [3.05, 3.63) is 58.4 Å². The lowest BCUT2D eigenvalue weighted by Crippen LogP contribution is -2.01. The summed E-state index contributed by atoms with van der Waals surface area (Å²) in [6.07, 6.45) is 1.62. The lowest BCUT2D eigenvalue weighted by atomic mass is 10.1. The van der Waals surface area contributed by atoms with Gasteiger partial charge in [0.05, 0.1) is 33.1 Å². The van der Waals surface area contributed by atoms with E-state index >= 15 is 0 Å². The van der Waals surface area contributed by atoms with Crippen LogP contribution < -0.4 is 9.47 Å². The number of hydrogen-bond donors (Lipinski definition) is 1. The number of nitrogens with one attached hydrogen (secondary N) is 1. The van der Waals surface area contributed by atoms with Gasteiger partial charge in [0.1, 0.15) is 0 Å². The van der Waals surface area contributed by atoms with Crippen molar-refractivity contribution < 1.29 is 19.0 Å². The quantitative estimate of drug-likeness (QED) is 0.389. The third-order valence-electron chi connectivity index (χ3n) is 3.95. The van der Waals surface area contributed by atoms with E-state index in [1.807, 2.05) is 6.07 Å². The number of benzene rings is 2. The molecule has 0 saturated carbocycles. The second-order valence-corrected chi connectivity index (χ2v) is 5.98. The Morgan fingerprint density at radius 1 is 1.11 bits per heavy atom. The maximum absolute atomic E-state index is 11.5. The summed E-state index contributed by atoms with van der Waals surface area (Å²) in [6, 6.07) is 12.3. The molecule has 28 heavy (non-hydrogen) atoms. The minimum absolute atomic E-state index is 0.340. The minimum atomic E-state index is -0.392. The summed E-state index contributed by atoms with van der Waals surface area (Å²) in [5.41, 5.74) is 2.00. The number of nitrogens with zero attached hydrogens (tertiary/aromatic N) is 3. The molecule has 0 aliphatic carbocycles. The summed E-state index contributed by atoms with van der Waals surface area (Å²) in [5, 5.41) is 11.4. The first-order valence-electron chi connectivity index (χ1n) is 8.20. The summed E-state index contributed by atoms with van der Waals surface area (Å²) in [6.45, 7) is 0. The summed E-state index contributed by atoms with van der Waals surface area (Å²) in [4.78, 5) is 11.5. The second kappa shape index (κ2) is 8.49. The van der Waals surface area contributed by atoms with Crippen LogP contribution in [0.4, 0.5) is 0 Å². The van der Waals surface area contributed by atoms with Gasteiger partial charge in [0.2, 0.25) is 4.77 Å². The molecule has 0 saturated heterocycles. The highest BCUT2D eigenvalue weighted by Gasteiger charge is 2.12. The molecular formula is C19H18N4O4S. The standard InChI is InChI=1S/C19H18N4O4S/c1-25-15-9-8-14(10-16(15)26-2)17-21-22-19(28)23(17)20-11-12-4-6-13(7-5-12)18(24)27-3/h4-11H,1-3H3,(H,22,28)/b20-11+. The number of aromatic nitrogens is 3. The second-order valence-electron chi connectivity index (χ2n) is 5.59. The van der Waals surface area contributed by atoms with Crippen molar-refractivity contribution in [2.75, 3.05) is 21.3 Å². The first-order valence-corrected chi connectivity index (χ1v) is 8.60. The van der Waals surface area contributed by atoms with Crippen molar-refractivity contribution >= 4 is 24.4 Å². The molecule has 0 unspecified atom stereocenters. The predicted octanol–water partition coefficient (Wildman–Crippen LogP) is 3.29. The summed E-state index contributed by atoms with van der Waals surface area (Å²) < 4.78 is 17.1. The van der Waals surface area contributed by atoms with Crippen molar-refractivity contribution in [1.82, 2.24) is 14.9 Å². The average Bonchev–Trinajstić information content (AvgIpc) is 3.11. The number of methoxy groups -OCH3 is 3. The van der Waals surface area contributed by atoms with Gasteiger partial charge in [-0.25, -0.2) is 9.89 Å². The van der Waals surface area contributed by atoms with Crippen LogP contribution >= 0.6 is 12.2 Å². The van der Waals surface area contributed by atoms with Crippen LogP contribution in [0.1, 0.15) is 15.9 Å². The lowest BCUT2D eigenvalue weighted by Gasteiger charge is -2.09. The van der Waals surface area contributed by atoms with Gasteiger partial charge in [0.15, 0.2) is 17.3 Å². The van der Waals surface area contributed by atoms with Crippen LogP contribution in [0.5, 0.6) is 11.5 Å². The zero-order valence-electron chi connectivity index (χ0n) is 15.5. The number of hydrogen-bond acceptors (Lipinski definition) is 7. The summed E-state index contributed by atoms with van der Waals surface area (Å²) >= 11 is 5.28. The largest absolute Gasteiger partial charge is 0.493 e. The first kappa shape index (κ1) is 19.3. The Morgan fingerprint density at radius 2 is 1.82 bits per heavy atom. The Kier molecular flexibility index (Phi) is 5.85. The third-order valence-corrected chi connectivity index (χ3v) is 4.21. The Balaban J connectivity index is 1.92. The number of H-pyrrole nitrogens is 1. The molecule has 3 rings (SSSR count). The van der Waals surface area contributed by atoms with E-state index < -0.39 is 5.97 Å². The van der Waals surface area contributed by atoms with Crippen molar-refractivity contribution in [3.8, 4) is 22.9 Å². The Morgan fingerprint density at radius 3 is 2.46 bits per heavy atom. The van der Waals surface area contributed by atoms with Gasteiger partial charge in [-0.1, -0.05) is 12.1 Å². The number of ether oxygens (including phenoxy) is 3. The van der Waals surface area contributed by atoms with E-state index in [9.17, 15) is 4.79 Å². The van der Waals surface area contributed by atoms with Gasteiger partial charge in [0, 0.05) is 5.56 Å². The molecule has 1 N–H and O–H groups in total. The van der Waals surface area contributed by atoms with Crippen LogP contribution in [0.3, 0.4) is 0 Å². The molecular weight excluding hydrogens is 380 g/mol. The minimum Gasteiger partial charge on any atom is -0.493 e. The fourth-order valence-electron chi connectivity index (χ4n) is 2.51. The fraction of sp³-hybridized carbons (Fsp3) is 0.158. The topological polar surface area (TPSA) is 90.7 Å². The molecule has 144 valence electrons. The summed E-state index contributed by atoms with van der Waals surface area (Å²) in [7, 11) is 4.48. The molecule has 0 bridgehead atoms. The number of rotatable bonds is 6. The Bertz CT molecular complexity index is 1070. The van der Waals surface area contributed by atoms with Crippen molar-refractivity contribution in [3.63, 3.8) is 0 Å². The van der Waals surface area contributed by atoms with Crippen LogP contribution in [-0.2, 0) is 4.74 Å². The van der Waals surface area contributed by atoms with Crippen LogP contribution in [-0.4, -0.2) is 48.4 Å². The molecule has 0 atom stereocenters. The molecule has 0 amide bonds. The van der Waals surface area contributed by atoms with Gasteiger partial charge in [-0.2, -0.15) is 14.9 Å². The zero-order valence-corrected chi connectivity index (χ0v) is 16.3. The van der Waals surface area contributed by atoms with E-state index in [0.717, 1.165) is 11.1 Å². The molecule has 1 aromatic heterocycles. The van der Waals surface area contributed by atoms with E-state index in [2.05, 4.69) is 20.0 Å². The van der Waals surface area contributed by atoms with Gasteiger partial charge >= 0.3 is 5.97 Å². The van der Waals surface area contributed by atoms with Crippen molar-refractivity contribution in [2.45, 2.75) is 0 Å². The monoisotopic (exact) mass is 398 g/mol. The van der Waals surface area contributed by atoms with Crippen LogP contribution in [0.2, 0.25) is 0 Å². The van der Waals surface area contributed by atoms with Gasteiger partial charge in [0.25, 0.3) is 0 Å². The highest BCUT2D eigenvalue weighted by atomic mass is 32.1. The molecule has 0 fully saturated rings. The maximum atomic E-state index is 11.5. The molecule has 0 aliphatic rings. The smallest absolute Gasteiger partial charge is 0.337 e. The van der Waals surface area contributed by atoms with Crippen LogP contribution in [0.15, 0.2) is 47.6 Å². The zero-order chi connectivity index (χ0) is 20.1. The van der Waals surface area contributed by atoms with E-state index in [0.29, 0.717) is 27.7 Å². The van der Waals surface area contributed by atoms with Gasteiger partial charge in [-0.15, -0.1) is 0 Å². The van der Waals surface area contributed by atoms with Gasteiger partial charge in [-0.3, -0.25) is 0 Å². The molecule has 2 aromatic carbocycles. The molecule has 1 heterocycles. The molecule has 0 spiro atoms. The number of esters is 1.